The number of hydrogen-bond donors (Lipinski definition) is 1. The van der Waals surface area contributed by atoms with Gasteiger partial charge in [0.1, 0.15) is 18.4 Å². The van der Waals surface area contributed by atoms with Crippen LogP contribution >= 0.6 is 0 Å². The minimum Gasteiger partial charge on any atom is -0.460 e. The molecule has 0 bridgehead atoms. The van der Waals surface area contributed by atoms with Gasteiger partial charge in [0.2, 0.25) is 5.82 Å². The summed E-state index contributed by atoms with van der Waals surface area (Å²) >= 11 is 0. The number of nitrogens with zero attached hydrogens (tertiary/aromatic N) is 1. The average molecular weight is 527 g/mol. The first-order chi connectivity index (χ1) is 17.5. The van der Waals surface area contributed by atoms with E-state index in [1.165, 1.54) is 6.92 Å². The average Bonchev–Trinajstić information content (AvgIpc) is 3.24. The maximum atomic E-state index is 14.0. The molecule has 2 heterocycles. The van der Waals surface area contributed by atoms with Crippen LogP contribution in [-0.4, -0.2) is 42.7 Å². The second-order valence-corrected chi connectivity index (χ2v) is 14.4. The highest BCUT2D eigenvalue weighted by Crippen LogP contribution is 2.38. The van der Waals surface area contributed by atoms with Crippen molar-refractivity contribution in [3.8, 4) is 0 Å². The van der Waals surface area contributed by atoms with Crippen molar-refractivity contribution in [1.29, 1.82) is 0 Å². The summed E-state index contributed by atoms with van der Waals surface area (Å²) in [6.45, 7) is 7.79. The second kappa shape index (κ2) is 10.6. The zero-order valence-electron chi connectivity index (χ0n) is 21.3. The van der Waals surface area contributed by atoms with Gasteiger partial charge in [-0.3, -0.25) is 19.1 Å². The molecule has 1 aromatic heterocycles. The Morgan fingerprint density at radius 1 is 1.08 bits per heavy atom. The second-order valence-electron chi connectivity index (χ2n) is 10.1. The number of carbonyl (C=O) groups excluding carboxylic acids is 1. The molecular formula is C27H31FN2O6Si. The van der Waals surface area contributed by atoms with Crippen molar-refractivity contribution in [3.05, 3.63) is 93.5 Å². The third-order valence-corrected chi connectivity index (χ3v) is 11.6. The van der Waals surface area contributed by atoms with E-state index in [9.17, 15) is 18.8 Å². The van der Waals surface area contributed by atoms with Crippen molar-refractivity contribution in [2.45, 2.75) is 57.6 Å². The molecule has 1 aliphatic rings. The van der Waals surface area contributed by atoms with Crippen molar-refractivity contribution >= 4 is 24.7 Å². The molecule has 3 aromatic rings. The van der Waals surface area contributed by atoms with Gasteiger partial charge >= 0.3 is 11.7 Å². The van der Waals surface area contributed by atoms with Crippen LogP contribution in [0.25, 0.3) is 0 Å². The maximum absolute atomic E-state index is 14.0. The molecule has 2 aromatic carbocycles. The van der Waals surface area contributed by atoms with Gasteiger partial charge in [-0.15, -0.1) is 0 Å². The number of esters is 1. The van der Waals surface area contributed by atoms with E-state index in [1.54, 1.807) is 0 Å². The lowest BCUT2D eigenvalue weighted by molar-refractivity contribution is -0.150. The van der Waals surface area contributed by atoms with Gasteiger partial charge in [0.05, 0.1) is 12.8 Å². The molecule has 1 aliphatic heterocycles. The van der Waals surface area contributed by atoms with Crippen LogP contribution in [0.4, 0.5) is 4.39 Å². The van der Waals surface area contributed by atoms with Gasteiger partial charge in [-0.25, -0.2) is 4.79 Å². The van der Waals surface area contributed by atoms with E-state index in [4.69, 9.17) is 13.9 Å². The Bertz CT molecular complexity index is 1310. The SMILES string of the molecule is CC(=O)OC1CC(n2cc(F)c(=O)[nH]c2=O)OC1CO[Si](c1ccccc1)(c1ccccc1)C(C)(C)C. The number of nitrogens with one attached hydrogen (secondary N) is 1. The highest BCUT2D eigenvalue weighted by atomic mass is 28.4. The number of rotatable bonds is 7. The van der Waals surface area contributed by atoms with Gasteiger partial charge in [0.15, 0.2) is 0 Å². The van der Waals surface area contributed by atoms with Crippen molar-refractivity contribution in [2.75, 3.05) is 6.61 Å². The molecular weight excluding hydrogens is 495 g/mol. The molecule has 10 heteroatoms. The Morgan fingerprint density at radius 3 is 2.16 bits per heavy atom. The first-order valence-electron chi connectivity index (χ1n) is 12.1. The predicted molar refractivity (Wildman–Crippen MR) is 139 cm³/mol. The fourth-order valence-corrected chi connectivity index (χ4v) is 9.57. The molecule has 0 spiro atoms. The van der Waals surface area contributed by atoms with Gasteiger partial charge in [-0.2, -0.15) is 4.39 Å². The van der Waals surface area contributed by atoms with Crippen molar-refractivity contribution in [3.63, 3.8) is 0 Å². The van der Waals surface area contributed by atoms with Gasteiger partial charge < -0.3 is 13.9 Å². The van der Waals surface area contributed by atoms with Crippen LogP contribution in [0.2, 0.25) is 5.04 Å². The van der Waals surface area contributed by atoms with Crippen molar-refractivity contribution < 1.29 is 23.1 Å². The maximum Gasteiger partial charge on any atom is 0.330 e. The molecule has 1 fully saturated rings. The minimum absolute atomic E-state index is 0.0717. The first-order valence-corrected chi connectivity index (χ1v) is 14.0. The van der Waals surface area contributed by atoms with E-state index < -0.39 is 49.8 Å². The number of ether oxygens (including phenoxy) is 2. The fraction of sp³-hybridized carbons (Fsp3) is 0.370. The van der Waals surface area contributed by atoms with E-state index in [0.717, 1.165) is 21.1 Å². The number of H-pyrrole nitrogens is 1. The van der Waals surface area contributed by atoms with E-state index in [2.05, 4.69) is 45.0 Å². The van der Waals surface area contributed by atoms with E-state index in [-0.39, 0.29) is 18.1 Å². The summed E-state index contributed by atoms with van der Waals surface area (Å²) < 4.78 is 33.5. The Labute approximate surface area is 215 Å². The van der Waals surface area contributed by atoms with Crippen molar-refractivity contribution in [1.82, 2.24) is 9.55 Å². The lowest BCUT2D eigenvalue weighted by Crippen LogP contribution is -2.67. The quantitative estimate of drug-likeness (QED) is 0.375. The zero-order valence-corrected chi connectivity index (χ0v) is 22.3. The molecule has 0 amide bonds. The van der Waals surface area contributed by atoms with E-state index in [1.807, 2.05) is 41.4 Å². The zero-order chi connectivity index (χ0) is 26.8. The first kappa shape index (κ1) is 26.7. The summed E-state index contributed by atoms with van der Waals surface area (Å²) in [6, 6.07) is 20.1. The number of aromatic amines is 1. The molecule has 37 heavy (non-hydrogen) atoms. The van der Waals surface area contributed by atoms with Crippen LogP contribution in [0.15, 0.2) is 76.4 Å². The smallest absolute Gasteiger partial charge is 0.330 e. The molecule has 196 valence electrons. The van der Waals surface area contributed by atoms with E-state index in [0.29, 0.717) is 0 Å². The third-order valence-electron chi connectivity index (χ3n) is 6.61. The van der Waals surface area contributed by atoms with Gasteiger partial charge in [0, 0.05) is 13.3 Å². The molecule has 3 unspecified atom stereocenters. The lowest BCUT2D eigenvalue weighted by atomic mass is 10.2. The predicted octanol–water partition coefficient (Wildman–Crippen LogP) is 2.47. The molecule has 0 aliphatic carbocycles. The highest BCUT2D eigenvalue weighted by molar-refractivity contribution is 6.99. The highest BCUT2D eigenvalue weighted by Gasteiger charge is 2.51. The van der Waals surface area contributed by atoms with Crippen LogP contribution in [0.5, 0.6) is 0 Å². The summed E-state index contributed by atoms with van der Waals surface area (Å²) in [5.41, 5.74) is -1.92. The summed E-state index contributed by atoms with van der Waals surface area (Å²) in [5.74, 6) is -1.62. The fourth-order valence-electron chi connectivity index (χ4n) is 5.00. The van der Waals surface area contributed by atoms with Crippen LogP contribution < -0.4 is 21.6 Å². The Kier molecular flexibility index (Phi) is 7.63. The number of aromatic nitrogens is 2. The van der Waals surface area contributed by atoms with Crippen LogP contribution in [-0.2, 0) is 18.7 Å². The summed E-state index contributed by atoms with van der Waals surface area (Å²) in [7, 11) is -2.91. The number of halogens is 1. The number of hydrogen-bond acceptors (Lipinski definition) is 6. The van der Waals surface area contributed by atoms with Crippen LogP contribution in [0.1, 0.15) is 40.3 Å². The minimum atomic E-state index is -2.91. The Hall–Kier alpha value is -3.34. The Balaban J connectivity index is 1.71. The van der Waals surface area contributed by atoms with Crippen molar-refractivity contribution in [2.24, 2.45) is 0 Å². The monoisotopic (exact) mass is 526 g/mol. The Morgan fingerprint density at radius 2 is 1.65 bits per heavy atom. The number of benzene rings is 2. The standard InChI is InChI=1S/C27H31FN2O6Si/c1-18(31)35-22-15-24(30-16-21(28)25(32)29-26(30)33)36-23(22)17-34-37(27(2,3)4,19-11-7-5-8-12-19)20-13-9-6-10-14-20/h5-14,16,22-24H,15,17H2,1-4H3,(H,29,32,33). The number of carbonyl (C=O) groups is 1. The van der Waals surface area contributed by atoms with Gasteiger partial charge in [0.25, 0.3) is 13.9 Å². The molecule has 1 saturated heterocycles. The van der Waals surface area contributed by atoms with Gasteiger partial charge in [-0.1, -0.05) is 81.4 Å². The molecule has 4 rings (SSSR count). The van der Waals surface area contributed by atoms with Crippen LogP contribution in [0, 0.1) is 5.82 Å². The summed E-state index contributed by atoms with van der Waals surface area (Å²) in [4.78, 5) is 37.7. The molecule has 1 N–H and O–H groups in total. The summed E-state index contributed by atoms with van der Waals surface area (Å²) in [5, 5.41) is 1.86. The van der Waals surface area contributed by atoms with Gasteiger partial charge in [-0.05, 0) is 15.4 Å². The normalized spacial score (nSPS) is 20.1. The third kappa shape index (κ3) is 5.36. The topological polar surface area (TPSA) is 99.6 Å². The largest absolute Gasteiger partial charge is 0.460 e. The molecule has 0 saturated carbocycles. The molecule has 8 nitrogen and oxygen atoms in total. The van der Waals surface area contributed by atoms with Crippen LogP contribution in [0.3, 0.4) is 0 Å². The van der Waals surface area contributed by atoms with E-state index >= 15 is 0 Å². The summed E-state index contributed by atoms with van der Waals surface area (Å²) in [6.07, 6.45) is -1.50. The molecule has 3 atom stereocenters. The molecule has 0 radical (unpaired) electrons. The lowest BCUT2D eigenvalue weighted by Gasteiger charge is -2.43.